The molecule has 0 aliphatic carbocycles. The molecule has 1 aromatic heterocycles. The van der Waals surface area contributed by atoms with Gasteiger partial charge in [-0.2, -0.15) is 0 Å². The summed E-state index contributed by atoms with van der Waals surface area (Å²) in [6.07, 6.45) is 2.04. The molecule has 0 N–H and O–H groups in total. The quantitative estimate of drug-likeness (QED) is 0.805. The van der Waals surface area contributed by atoms with Gasteiger partial charge in [-0.25, -0.2) is 0 Å². The van der Waals surface area contributed by atoms with Crippen molar-refractivity contribution in [3.63, 3.8) is 0 Å². The fraction of sp³-hybridized carbons (Fsp3) is 0.0769. The molecule has 80 valence electrons. The van der Waals surface area contributed by atoms with Crippen molar-refractivity contribution in [3.05, 3.63) is 64.4 Å². The Kier molecular flexibility index (Phi) is 3.47. The number of aromatic nitrogens is 1. The van der Waals surface area contributed by atoms with E-state index in [2.05, 4.69) is 20.9 Å². The third-order valence-corrected chi connectivity index (χ3v) is 2.69. The Labute approximate surface area is 102 Å². The van der Waals surface area contributed by atoms with Gasteiger partial charge in [0, 0.05) is 17.1 Å². The number of halogens is 1. The first-order valence-electron chi connectivity index (χ1n) is 4.94. The van der Waals surface area contributed by atoms with Gasteiger partial charge in [0.15, 0.2) is 5.78 Å². The first-order valence-corrected chi connectivity index (χ1v) is 5.74. The first-order chi connectivity index (χ1) is 7.75. The molecule has 0 atom stereocenters. The Bertz CT molecular complexity index is 479. The summed E-state index contributed by atoms with van der Waals surface area (Å²) in [6.45, 7) is 0. The van der Waals surface area contributed by atoms with Gasteiger partial charge in [0.05, 0.1) is 0 Å². The Hall–Kier alpha value is -1.48. The van der Waals surface area contributed by atoms with Crippen molar-refractivity contribution in [2.75, 3.05) is 0 Å². The highest BCUT2D eigenvalue weighted by molar-refractivity contribution is 9.10. The van der Waals surface area contributed by atoms with Crippen LogP contribution in [0.2, 0.25) is 0 Å². The van der Waals surface area contributed by atoms with Crippen LogP contribution in [0.1, 0.15) is 16.1 Å². The van der Waals surface area contributed by atoms with Gasteiger partial charge in [-0.3, -0.25) is 9.78 Å². The minimum atomic E-state index is 0.0405. The lowest BCUT2D eigenvalue weighted by Crippen LogP contribution is -2.05. The zero-order valence-electron chi connectivity index (χ0n) is 8.56. The summed E-state index contributed by atoms with van der Waals surface area (Å²) in [5.41, 5.74) is 1.52. The zero-order chi connectivity index (χ0) is 11.4. The number of hydrogen-bond donors (Lipinski definition) is 0. The van der Waals surface area contributed by atoms with Crippen LogP contribution < -0.4 is 0 Å². The Balaban J connectivity index is 2.12. The lowest BCUT2D eigenvalue weighted by Gasteiger charge is -2.00. The van der Waals surface area contributed by atoms with Crippen LogP contribution >= 0.6 is 15.9 Å². The SMILES string of the molecule is O=C(Cc1ccccc1)c1ccc(Br)cn1. The first kappa shape index (κ1) is 11.0. The van der Waals surface area contributed by atoms with Gasteiger partial charge in [0.25, 0.3) is 0 Å². The van der Waals surface area contributed by atoms with E-state index in [0.717, 1.165) is 10.0 Å². The van der Waals surface area contributed by atoms with E-state index in [1.165, 1.54) is 0 Å². The molecule has 2 nitrogen and oxygen atoms in total. The van der Waals surface area contributed by atoms with E-state index in [9.17, 15) is 4.79 Å². The number of carbonyl (C=O) groups is 1. The van der Waals surface area contributed by atoms with Crippen molar-refractivity contribution >= 4 is 21.7 Å². The third kappa shape index (κ3) is 2.76. The minimum absolute atomic E-state index is 0.0405. The second-order valence-electron chi connectivity index (χ2n) is 3.45. The Morgan fingerprint density at radius 2 is 1.88 bits per heavy atom. The van der Waals surface area contributed by atoms with Gasteiger partial charge in [-0.15, -0.1) is 0 Å². The molecule has 0 unspecified atom stereocenters. The van der Waals surface area contributed by atoms with Crippen molar-refractivity contribution in [2.45, 2.75) is 6.42 Å². The lowest BCUT2D eigenvalue weighted by molar-refractivity contribution is 0.0988. The molecule has 3 heteroatoms. The van der Waals surface area contributed by atoms with Crippen molar-refractivity contribution in [1.29, 1.82) is 0 Å². The van der Waals surface area contributed by atoms with E-state index in [-0.39, 0.29) is 5.78 Å². The van der Waals surface area contributed by atoms with Crippen molar-refractivity contribution in [3.8, 4) is 0 Å². The van der Waals surface area contributed by atoms with E-state index >= 15 is 0 Å². The van der Waals surface area contributed by atoms with E-state index in [1.807, 2.05) is 36.4 Å². The van der Waals surface area contributed by atoms with Gasteiger partial charge in [0.1, 0.15) is 5.69 Å². The molecular weight excluding hydrogens is 266 g/mol. The summed E-state index contributed by atoms with van der Waals surface area (Å²) >= 11 is 3.29. The Morgan fingerprint density at radius 3 is 2.50 bits per heavy atom. The second-order valence-corrected chi connectivity index (χ2v) is 4.36. The highest BCUT2D eigenvalue weighted by Crippen LogP contribution is 2.10. The lowest BCUT2D eigenvalue weighted by atomic mass is 10.1. The fourth-order valence-electron chi connectivity index (χ4n) is 1.41. The number of pyridine rings is 1. The van der Waals surface area contributed by atoms with Gasteiger partial charge < -0.3 is 0 Å². The van der Waals surface area contributed by atoms with Crippen LogP contribution in [0.15, 0.2) is 53.1 Å². The maximum Gasteiger partial charge on any atom is 0.185 e. The van der Waals surface area contributed by atoms with Crippen LogP contribution in [0.3, 0.4) is 0 Å². The smallest absolute Gasteiger partial charge is 0.185 e. The molecular formula is C13H10BrNO. The van der Waals surface area contributed by atoms with Crippen molar-refractivity contribution in [1.82, 2.24) is 4.98 Å². The van der Waals surface area contributed by atoms with Gasteiger partial charge in [0.2, 0.25) is 0 Å². The molecule has 0 saturated heterocycles. The number of hydrogen-bond acceptors (Lipinski definition) is 2. The molecule has 0 aliphatic heterocycles. The highest BCUT2D eigenvalue weighted by atomic mass is 79.9. The maximum atomic E-state index is 11.8. The van der Waals surface area contributed by atoms with Crippen LogP contribution in [0, 0.1) is 0 Å². The highest BCUT2D eigenvalue weighted by Gasteiger charge is 2.07. The normalized spacial score (nSPS) is 10.1. The molecule has 0 bridgehead atoms. The number of rotatable bonds is 3. The van der Waals surface area contributed by atoms with E-state index in [0.29, 0.717) is 12.1 Å². The third-order valence-electron chi connectivity index (χ3n) is 2.22. The van der Waals surface area contributed by atoms with E-state index in [1.54, 1.807) is 12.3 Å². The molecule has 2 rings (SSSR count). The number of ketones is 1. The van der Waals surface area contributed by atoms with Crippen LogP contribution in [-0.4, -0.2) is 10.8 Å². The maximum absolute atomic E-state index is 11.8. The number of benzene rings is 1. The number of Topliss-reactive ketones (excluding diaryl/α,β-unsaturated/α-hetero) is 1. The summed E-state index contributed by atoms with van der Waals surface area (Å²) in [6, 6.07) is 13.2. The minimum Gasteiger partial charge on any atom is -0.292 e. The summed E-state index contributed by atoms with van der Waals surface area (Å²) < 4.78 is 0.878. The van der Waals surface area contributed by atoms with Crippen molar-refractivity contribution < 1.29 is 4.79 Å². The van der Waals surface area contributed by atoms with E-state index < -0.39 is 0 Å². The molecule has 1 heterocycles. The molecule has 2 aromatic rings. The van der Waals surface area contributed by atoms with Gasteiger partial charge >= 0.3 is 0 Å². The van der Waals surface area contributed by atoms with Crippen LogP contribution in [-0.2, 0) is 6.42 Å². The van der Waals surface area contributed by atoms with Gasteiger partial charge in [-0.1, -0.05) is 30.3 Å². The summed E-state index contributed by atoms with van der Waals surface area (Å²) in [4.78, 5) is 15.9. The average Bonchev–Trinajstić information content (AvgIpc) is 2.31. The average molecular weight is 276 g/mol. The largest absolute Gasteiger partial charge is 0.292 e. The van der Waals surface area contributed by atoms with Crippen LogP contribution in [0.25, 0.3) is 0 Å². The monoisotopic (exact) mass is 275 g/mol. The second kappa shape index (κ2) is 5.03. The predicted molar refractivity (Wildman–Crippen MR) is 66.4 cm³/mol. The molecule has 16 heavy (non-hydrogen) atoms. The summed E-state index contributed by atoms with van der Waals surface area (Å²) in [5.74, 6) is 0.0405. The molecule has 0 aliphatic rings. The zero-order valence-corrected chi connectivity index (χ0v) is 10.1. The van der Waals surface area contributed by atoms with Gasteiger partial charge in [-0.05, 0) is 33.6 Å². The molecule has 0 radical (unpaired) electrons. The molecule has 0 spiro atoms. The van der Waals surface area contributed by atoms with Crippen LogP contribution in [0.4, 0.5) is 0 Å². The standard InChI is InChI=1S/C13H10BrNO/c14-11-6-7-12(15-9-11)13(16)8-10-4-2-1-3-5-10/h1-7,9H,8H2. The predicted octanol–water partition coefficient (Wildman–Crippen LogP) is 3.27. The topological polar surface area (TPSA) is 30.0 Å². The summed E-state index contributed by atoms with van der Waals surface area (Å²) in [5, 5.41) is 0. The Morgan fingerprint density at radius 1 is 1.12 bits per heavy atom. The van der Waals surface area contributed by atoms with Crippen molar-refractivity contribution in [2.24, 2.45) is 0 Å². The molecule has 0 fully saturated rings. The fourth-order valence-corrected chi connectivity index (χ4v) is 1.65. The molecule has 0 amide bonds. The van der Waals surface area contributed by atoms with Crippen LogP contribution in [0.5, 0.6) is 0 Å². The molecule has 0 saturated carbocycles. The molecule has 1 aromatic carbocycles. The number of nitrogens with zero attached hydrogens (tertiary/aromatic N) is 1. The summed E-state index contributed by atoms with van der Waals surface area (Å²) in [7, 11) is 0. The van der Waals surface area contributed by atoms with E-state index in [4.69, 9.17) is 0 Å². The number of carbonyl (C=O) groups excluding carboxylic acids is 1.